The summed E-state index contributed by atoms with van der Waals surface area (Å²) in [6, 6.07) is 9.20. The van der Waals surface area contributed by atoms with Crippen molar-refractivity contribution in [3.8, 4) is 0 Å². The first-order valence-electron chi connectivity index (χ1n) is 9.84. The molecule has 2 aromatic rings. The summed E-state index contributed by atoms with van der Waals surface area (Å²) in [7, 11) is 1.90. The Morgan fingerprint density at radius 2 is 2.03 bits per heavy atom. The van der Waals surface area contributed by atoms with Gasteiger partial charge in [0.25, 0.3) is 0 Å². The van der Waals surface area contributed by atoms with E-state index in [1.807, 2.05) is 50.5 Å². The molecular weight excluding hydrogens is 370 g/mol. The largest absolute Gasteiger partial charge is 0.325 e. The summed E-state index contributed by atoms with van der Waals surface area (Å²) in [6.07, 6.45) is 1.34. The Morgan fingerprint density at radius 3 is 2.72 bits per heavy atom. The number of rotatable bonds is 5. The van der Waals surface area contributed by atoms with Gasteiger partial charge in [0.15, 0.2) is 0 Å². The van der Waals surface area contributed by atoms with Gasteiger partial charge in [-0.2, -0.15) is 5.10 Å². The minimum absolute atomic E-state index is 0.0508. The van der Waals surface area contributed by atoms with Gasteiger partial charge in [0.05, 0.1) is 24.3 Å². The predicted molar refractivity (Wildman–Crippen MR) is 107 cm³/mol. The lowest BCUT2D eigenvalue weighted by Gasteiger charge is -2.44. The van der Waals surface area contributed by atoms with Crippen LogP contribution in [0.4, 0.5) is 4.79 Å². The lowest BCUT2D eigenvalue weighted by Crippen LogP contribution is -2.74. The van der Waals surface area contributed by atoms with E-state index < -0.39 is 6.17 Å². The van der Waals surface area contributed by atoms with Gasteiger partial charge in [-0.15, -0.1) is 0 Å². The molecule has 0 saturated carbocycles. The first-order valence-corrected chi connectivity index (χ1v) is 9.84. The molecule has 4 unspecified atom stereocenters. The first kappa shape index (κ1) is 19.6. The number of benzene rings is 1. The zero-order valence-electron chi connectivity index (χ0n) is 16.8. The molecule has 0 spiro atoms. The molecule has 9 heteroatoms. The fourth-order valence-corrected chi connectivity index (χ4v) is 4.01. The van der Waals surface area contributed by atoms with E-state index in [0.717, 1.165) is 16.8 Å². The molecule has 4 atom stereocenters. The molecular formula is C20H27N7O2. The number of carbonyl (C=O) groups excluding carboxylic acids is 2. The third kappa shape index (κ3) is 4.02. The molecule has 9 nitrogen and oxygen atoms in total. The van der Waals surface area contributed by atoms with E-state index in [-0.39, 0.29) is 36.7 Å². The van der Waals surface area contributed by atoms with E-state index in [2.05, 4.69) is 33.3 Å². The Hall–Kier alpha value is -2.75. The standard InChI is InChI=1S/C20H27N7O2/c1-12(16-11-26(3)25-13(16)2)22-19-21-9-15-17(23-19)24-20(29)27(18(15)28)10-14-7-5-4-6-8-14/h4-8,11-12,15,17,19,21-23H,9-10H2,1-3H3,(H,24,29). The molecule has 2 saturated heterocycles. The first-order chi connectivity index (χ1) is 13.9. The van der Waals surface area contributed by atoms with Gasteiger partial charge in [0, 0.05) is 31.4 Å². The maximum atomic E-state index is 12.9. The summed E-state index contributed by atoms with van der Waals surface area (Å²) < 4.78 is 1.79. The third-order valence-electron chi connectivity index (χ3n) is 5.52. The number of nitrogens with zero attached hydrogens (tertiary/aromatic N) is 3. The Balaban J connectivity index is 1.39. The van der Waals surface area contributed by atoms with Crippen LogP contribution in [0.15, 0.2) is 36.5 Å². The molecule has 0 bridgehead atoms. The molecule has 2 aliphatic rings. The number of hydrogen-bond acceptors (Lipinski definition) is 6. The maximum absolute atomic E-state index is 12.9. The topological polar surface area (TPSA) is 103 Å². The number of carbonyl (C=O) groups is 2. The minimum Gasteiger partial charge on any atom is -0.321 e. The molecule has 0 radical (unpaired) electrons. The number of nitrogens with one attached hydrogen (secondary N) is 4. The van der Waals surface area contributed by atoms with Gasteiger partial charge in [-0.3, -0.25) is 30.3 Å². The number of amides is 3. The summed E-state index contributed by atoms with van der Waals surface area (Å²) in [5.74, 6) is -0.526. The van der Waals surface area contributed by atoms with Gasteiger partial charge in [-0.05, 0) is 19.4 Å². The Kier molecular flexibility index (Phi) is 5.35. The number of urea groups is 1. The third-order valence-corrected chi connectivity index (χ3v) is 5.52. The SMILES string of the molecule is Cc1nn(C)cc1C(C)NC1NCC2C(=O)N(Cc3ccccc3)C(=O)NC2N1. The average molecular weight is 397 g/mol. The van der Waals surface area contributed by atoms with Gasteiger partial charge in [0.1, 0.15) is 6.29 Å². The van der Waals surface area contributed by atoms with Crippen molar-refractivity contribution in [1.29, 1.82) is 0 Å². The van der Waals surface area contributed by atoms with Crippen LogP contribution in [-0.2, 0) is 18.4 Å². The van der Waals surface area contributed by atoms with Crippen LogP contribution < -0.4 is 21.3 Å². The minimum atomic E-state index is -0.414. The summed E-state index contributed by atoms with van der Waals surface area (Å²) >= 11 is 0. The quantitative estimate of drug-likeness (QED) is 0.588. The molecule has 2 fully saturated rings. The molecule has 1 aromatic carbocycles. The molecule has 154 valence electrons. The van der Waals surface area contributed by atoms with Crippen LogP contribution in [0.1, 0.15) is 29.8 Å². The number of aryl methyl sites for hydroxylation is 2. The van der Waals surface area contributed by atoms with Crippen LogP contribution in [0, 0.1) is 12.8 Å². The number of hydrogen-bond donors (Lipinski definition) is 4. The molecule has 2 aliphatic heterocycles. The molecule has 1 aromatic heterocycles. The Labute approximate surface area is 169 Å². The fraction of sp³-hybridized carbons (Fsp3) is 0.450. The second-order valence-electron chi connectivity index (χ2n) is 7.68. The van der Waals surface area contributed by atoms with E-state index >= 15 is 0 Å². The van der Waals surface area contributed by atoms with E-state index in [1.54, 1.807) is 4.68 Å². The van der Waals surface area contributed by atoms with Crippen LogP contribution in [0.2, 0.25) is 0 Å². The predicted octanol–water partition coefficient (Wildman–Crippen LogP) is 0.550. The maximum Gasteiger partial charge on any atom is 0.325 e. The van der Waals surface area contributed by atoms with Crippen molar-refractivity contribution in [2.45, 2.75) is 38.9 Å². The monoisotopic (exact) mass is 397 g/mol. The van der Waals surface area contributed by atoms with Crippen molar-refractivity contribution in [2.75, 3.05) is 6.54 Å². The molecule has 4 rings (SSSR count). The zero-order chi connectivity index (χ0) is 20.5. The fourth-order valence-electron chi connectivity index (χ4n) is 4.01. The van der Waals surface area contributed by atoms with Crippen LogP contribution in [0.5, 0.6) is 0 Å². The highest BCUT2D eigenvalue weighted by molar-refractivity contribution is 5.98. The Bertz CT molecular complexity index is 897. The number of aromatic nitrogens is 2. The zero-order valence-corrected chi connectivity index (χ0v) is 16.8. The van der Waals surface area contributed by atoms with Crippen LogP contribution in [0.25, 0.3) is 0 Å². The van der Waals surface area contributed by atoms with Crippen LogP contribution in [-0.4, -0.2) is 45.6 Å². The molecule has 3 amide bonds. The summed E-state index contributed by atoms with van der Waals surface area (Å²) in [5.41, 5.74) is 3.00. The number of fused-ring (bicyclic) bond motifs is 1. The van der Waals surface area contributed by atoms with Gasteiger partial charge in [0.2, 0.25) is 5.91 Å². The van der Waals surface area contributed by atoms with Gasteiger partial charge in [-0.25, -0.2) is 4.79 Å². The number of imide groups is 1. The Morgan fingerprint density at radius 1 is 1.28 bits per heavy atom. The van der Waals surface area contributed by atoms with Crippen molar-refractivity contribution in [3.05, 3.63) is 53.3 Å². The second-order valence-corrected chi connectivity index (χ2v) is 7.68. The van der Waals surface area contributed by atoms with Crippen LogP contribution >= 0.6 is 0 Å². The lowest BCUT2D eigenvalue weighted by molar-refractivity contribution is -0.137. The van der Waals surface area contributed by atoms with Crippen molar-refractivity contribution in [2.24, 2.45) is 13.0 Å². The van der Waals surface area contributed by atoms with Crippen molar-refractivity contribution >= 4 is 11.9 Å². The normalized spacial score (nSPS) is 25.5. The molecule has 29 heavy (non-hydrogen) atoms. The van der Waals surface area contributed by atoms with E-state index in [0.29, 0.717) is 6.54 Å². The smallest absolute Gasteiger partial charge is 0.321 e. The summed E-state index contributed by atoms with van der Waals surface area (Å²) in [5, 5.41) is 17.4. The molecule has 4 N–H and O–H groups in total. The van der Waals surface area contributed by atoms with Crippen molar-refractivity contribution in [1.82, 2.24) is 35.9 Å². The van der Waals surface area contributed by atoms with Crippen molar-refractivity contribution < 1.29 is 9.59 Å². The highest BCUT2D eigenvalue weighted by Crippen LogP contribution is 2.20. The van der Waals surface area contributed by atoms with Crippen LogP contribution in [0.3, 0.4) is 0 Å². The van der Waals surface area contributed by atoms with Gasteiger partial charge >= 0.3 is 6.03 Å². The average Bonchev–Trinajstić information content (AvgIpc) is 3.04. The highest BCUT2D eigenvalue weighted by atomic mass is 16.2. The van der Waals surface area contributed by atoms with E-state index in [9.17, 15) is 9.59 Å². The molecule has 3 heterocycles. The summed E-state index contributed by atoms with van der Waals surface area (Å²) in [4.78, 5) is 26.8. The van der Waals surface area contributed by atoms with E-state index in [1.165, 1.54) is 4.90 Å². The highest BCUT2D eigenvalue weighted by Gasteiger charge is 2.44. The molecule has 0 aliphatic carbocycles. The second kappa shape index (κ2) is 7.94. The van der Waals surface area contributed by atoms with Gasteiger partial charge < -0.3 is 5.32 Å². The van der Waals surface area contributed by atoms with E-state index in [4.69, 9.17) is 0 Å². The van der Waals surface area contributed by atoms with Crippen molar-refractivity contribution in [3.63, 3.8) is 0 Å². The lowest BCUT2D eigenvalue weighted by atomic mass is 9.99. The van der Waals surface area contributed by atoms with Gasteiger partial charge in [-0.1, -0.05) is 30.3 Å². The summed E-state index contributed by atoms with van der Waals surface area (Å²) in [6.45, 7) is 4.78.